The van der Waals surface area contributed by atoms with E-state index in [2.05, 4.69) is 44.1 Å². The lowest BCUT2D eigenvalue weighted by Crippen LogP contribution is -2.46. The monoisotopic (exact) mass is 449 g/mol. The van der Waals surface area contributed by atoms with Crippen molar-refractivity contribution in [3.8, 4) is 5.75 Å². The van der Waals surface area contributed by atoms with E-state index in [0.29, 0.717) is 16.9 Å². The van der Waals surface area contributed by atoms with Crippen LogP contribution < -0.4 is 19.9 Å². The summed E-state index contributed by atoms with van der Waals surface area (Å²) in [5, 5.41) is 3.83. The molecule has 1 aliphatic rings. The number of aromatic nitrogens is 2. The van der Waals surface area contributed by atoms with Gasteiger partial charge in [-0.05, 0) is 30.7 Å². The SMILES string of the molecule is CCCCNC(=O)CSc1nc(Cl)cc(N2CCN(c3ccc(OC)cc3)CC2)n1. The molecule has 1 aliphatic heterocycles. The number of thioether (sulfide) groups is 1. The standard InChI is InChI=1S/C21H28ClN5O2S/c1-3-4-9-23-20(28)15-30-21-24-18(22)14-19(25-21)27-12-10-26(11-13-27)16-5-7-17(29-2)8-6-16/h5-8,14H,3-4,9-13,15H2,1-2H3,(H,23,28). The Morgan fingerprint density at radius 1 is 1.17 bits per heavy atom. The first-order valence-electron chi connectivity index (χ1n) is 10.2. The Hall–Kier alpha value is -2.19. The second kappa shape index (κ2) is 11.3. The minimum absolute atomic E-state index is 0.00770. The number of carbonyl (C=O) groups is 1. The third kappa shape index (κ3) is 6.40. The molecule has 3 rings (SSSR count). The highest BCUT2D eigenvalue weighted by atomic mass is 35.5. The molecule has 30 heavy (non-hydrogen) atoms. The molecule has 1 aromatic heterocycles. The number of rotatable bonds is 9. The van der Waals surface area contributed by atoms with Crippen LogP contribution in [0.3, 0.4) is 0 Å². The molecule has 0 aliphatic carbocycles. The smallest absolute Gasteiger partial charge is 0.230 e. The van der Waals surface area contributed by atoms with Gasteiger partial charge in [0.2, 0.25) is 5.91 Å². The van der Waals surface area contributed by atoms with Crippen molar-refractivity contribution in [2.45, 2.75) is 24.9 Å². The van der Waals surface area contributed by atoms with Crippen molar-refractivity contribution in [3.63, 3.8) is 0 Å². The van der Waals surface area contributed by atoms with E-state index in [1.165, 1.54) is 17.4 Å². The molecule has 0 unspecified atom stereocenters. The Bertz CT molecular complexity index is 829. The van der Waals surface area contributed by atoms with E-state index in [0.717, 1.165) is 50.6 Å². The molecule has 0 spiro atoms. The van der Waals surface area contributed by atoms with Gasteiger partial charge in [-0.15, -0.1) is 0 Å². The van der Waals surface area contributed by atoms with Crippen molar-refractivity contribution in [2.24, 2.45) is 0 Å². The van der Waals surface area contributed by atoms with E-state index in [1.807, 2.05) is 12.1 Å². The highest BCUT2D eigenvalue weighted by molar-refractivity contribution is 7.99. The van der Waals surface area contributed by atoms with E-state index >= 15 is 0 Å². The largest absolute Gasteiger partial charge is 0.497 e. The van der Waals surface area contributed by atoms with Crippen LogP contribution in [0.5, 0.6) is 5.75 Å². The van der Waals surface area contributed by atoms with Crippen LogP contribution in [0.15, 0.2) is 35.5 Å². The zero-order chi connectivity index (χ0) is 21.3. The first-order valence-corrected chi connectivity index (χ1v) is 11.5. The molecule has 0 saturated carbocycles. The second-order valence-electron chi connectivity index (χ2n) is 7.00. The molecular weight excluding hydrogens is 422 g/mol. The topological polar surface area (TPSA) is 70.6 Å². The van der Waals surface area contributed by atoms with Crippen LogP contribution in [0.4, 0.5) is 11.5 Å². The molecule has 2 aromatic rings. The Balaban J connectivity index is 1.55. The fourth-order valence-corrected chi connectivity index (χ4v) is 4.10. The third-order valence-electron chi connectivity index (χ3n) is 4.89. The van der Waals surface area contributed by atoms with Crippen LogP contribution >= 0.6 is 23.4 Å². The molecule has 0 atom stereocenters. The van der Waals surface area contributed by atoms with Crippen LogP contribution in [0.2, 0.25) is 5.15 Å². The Morgan fingerprint density at radius 3 is 2.53 bits per heavy atom. The van der Waals surface area contributed by atoms with Gasteiger partial charge in [-0.25, -0.2) is 9.97 Å². The van der Waals surface area contributed by atoms with E-state index < -0.39 is 0 Å². The first-order chi connectivity index (χ1) is 14.6. The number of hydrogen-bond donors (Lipinski definition) is 1. The number of nitrogens with one attached hydrogen (secondary N) is 1. The maximum absolute atomic E-state index is 11.9. The molecule has 1 N–H and O–H groups in total. The number of unbranched alkanes of at least 4 members (excludes halogenated alkanes) is 1. The first kappa shape index (κ1) is 22.5. The summed E-state index contributed by atoms with van der Waals surface area (Å²) in [5.74, 6) is 1.94. The van der Waals surface area contributed by atoms with Crippen LogP contribution in [0.1, 0.15) is 19.8 Å². The number of methoxy groups -OCH3 is 1. The second-order valence-corrected chi connectivity index (χ2v) is 8.33. The summed E-state index contributed by atoms with van der Waals surface area (Å²) in [6, 6.07) is 9.91. The average Bonchev–Trinajstić information content (AvgIpc) is 2.78. The van der Waals surface area contributed by atoms with Gasteiger partial charge in [0.25, 0.3) is 0 Å². The average molecular weight is 450 g/mol. The van der Waals surface area contributed by atoms with E-state index in [1.54, 1.807) is 13.2 Å². The Kier molecular flexibility index (Phi) is 8.45. The molecule has 1 saturated heterocycles. The number of piperazine rings is 1. The van der Waals surface area contributed by atoms with Crippen LogP contribution in [-0.4, -0.2) is 61.5 Å². The highest BCUT2D eigenvalue weighted by Crippen LogP contribution is 2.25. The molecule has 0 bridgehead atoms. The van der Waals surface area contributed by atoms with E-state index in [-0.39, 0.29) is 11.7 Å². The van der Waals surface area contributed by atoms with Crippen molar-refractivity contribution in [1.82, 2.24) is 15.3 Å². The summed E-state index contributed by atoms with van der Waals surface area (Å²) >= 11 is 7.54. The van der Waals surface area contributed by atoms with Crippen molar-refractivity contribution in [1.29, 1.82) is 0 Å². The molecule has 1 amide bonds. The number of carbonyl (C=O) groups excluding carboxylic acids is 1. The summed E-state index contributed by atoms with van der Waals surface area (Å²) in [6.07, 6.45) is 2.04. The number of hydrogen-bond acceptors (Lipinski definition) is 7. The number of anilines is 2. The number of amides is 1. The van der Waals surface area contributed by atoms with Gasteiger partial charge in [0.1, 0.15) is 16.7 Å². The summed E-state index contributed by atoms with van der Waals surface area (Å²) in [7, 11) is 1.67. The lowest BCUT2D eigenvalue weighted by Gasteiger charge is -2.36. The van der Waals surface area contributed by atoms with Crippen molar-refractivity contribution in [2.75, 3.05) is 55.4 Å². The van der Waals surface area contributed by atoms with Crippen LogP contribution in [-0.2, 0) is 4.79 Å². The quantitative estimate of drug-likeness (QED) is 0.272. The zero-order valence-electron chi connectivity index (χ0n) is 17.4. The van der Waals surface area contributed by atoms with Gasteiger partial charge in [-0.3, -0.25) is 4.79 Å². The van der Waals surface area contributed by atoms with Gasteiger partial charge in [0.15, 0.2) is 5.16 Å². The lowest BCUT2D eigenvalue weighted by atomic mass is 10.2. The molecule has 1 fully saturated rings. The number of nitrogens with zero attached hydrogens (tertiary/aromatic N) is 4. The summed E-state index contributed by atoms with van der Waals surface area (Å²) in [6.45, 7) is 6.24. The third-order valence-corrected chi connectivity index (χ3v) is 5.93. The molecule has 162 valence electrons. The molecule has 7 nitrogen and oxygen atoms in total. The van der Waals surface area contributed by atoms with Crippen molar-refractivity contribution >= 4 is 40.8 Å². The molecule has 9 heteroatoms. The van der Waals surface area contributed by atoms with Gasteiger partial charge in [0, 0.05) is 44.5 Å². The highest BCUT2D eigenvalue weighted by Gasteiger charge is 2.20. The zero-order valence-corrected chi connectivity index (χ0v) is 19.0. The van der Waals surface area contributed by atoms with Gasteiger partial charge in [-0.2, -0.15) is 0 Å². The number of halogens is 1. The lowest BCUT2D eigenvalue weighted by molar-refractivity contribution is -0.118. The fourth-order valence-electron chi connectivity index (χ4n) is 3.18. The Morgan fingerprint density at radius 2 is 1.87 bits per heavy atom. The molecular formula is C21H28ClN5O2S. The molecule has 2 heterocycles. The normalized spacial score (nSPS) is 14.0. The minimum atomic E-state index is -0.00770. The molecule has 0 radical (unpaired) electrons. The van der Waals surface area contributed by atoms with E-state index in [4.69, 9.17) is 16.3 Å². The predicted molar refractivity (Wildman–Crippen MR) is 123 cm³/mol. The number of benzene rings is 1. The maximum atomic E-state index is 11.9. The van der Waals surface area contributed by atoms with Gasteiger partial charge >= 0.3 is 0 Å². The van der Waals surface area contributed by atoms with E-state index in [9.17, 15) is 4.79 Å². The van der Waals surface area contributed by atoms with Gasteiger partial charge < -0.3 is 19.9 Å². The summed E-state index contributed by atoms with van der Waals surface area (Å²) in [4.78, 5) is 25.4. The predicted octanol–water partition coefficient (Wildman–Crippen LogP) is 3.47. The van der Waals surface area contributed by atoms with Crippen molar-refractivity contribution in [3.05, 3.63) is 35.5 Å². The van der Waals surface area contributed by atoms with Crippen LogP contribution in [0.25, 0.3) is 0 Å². The van der Waals surface area contributed by atoms with Gasteiger partial charge in [0.05, 0.1) is 12.9 Å². The fraction of sp³-hybridized carbons (Fsp3) is 0.476. The van der Waals surface area contributed by atoms with Gasteiger partial charge in [-0.1, -0.05) is 36.7 Å². The van der Waals surface area contributed by atoms with Crippen molar-refractivity contribution < 1.29 is 9.53 Å². The minimum Gasteiger partial charge on any atom is -0.497 e. The number of ether oxygens (including phenoxy) is 1. The summed E-state index contributed by atoms with van der Waals surface area (Å²) in [5.41, 5.74) is 1.18. The van der Waals surface area contributed by atoms with Crippen LogP contribution in [0, 0.1) is 0 Å². The molecule has 1 aromatic carbocycles. The Labute approximate surface area is 187 Å². The maximum Gasteiger partial charge on any atom is 0.230 e. The summed E-state index contributed by atoms with van der Waals surface area (Å²) < 4.78 is 5.23.